The summed E-state index contributed by atoms with van der Waals surface area (Å²) in [4.78, 5) is 14.1. The first-order valence-electron chi connectivity index (χ1n) is 10.8. The molecule has 0 aromatic carbocycles. The molecule has 2 aliphatic rings. The predicted octanol–water partition coefficient (Wildman–Crippen LogP) is 2.76. The first-order chi connectivity index (χ1) is 13.4. The van der Waals surface area contributed by atoms with Crippen molar-refractivity contribution >= 4 is 5.91 Å². The average Bonchev–Trinajstić information content (AvgIpc) is 3.00. The van der Waals surface area contributed by atoms with Gasteiger partial charge in [-0.05, 0) is 46.0 Å². The molecule has 0 spiro atoms. The van der Waals surface area contributed by atoms with Crippen molar-refractivity contribution in [3.63, 3.8) is 0 Å². The van der Waals surface area contributed by atoms with Gasteiger partial charge in [0, 0.05) is 13.1 Å². The van der Waals surface area contributed by atoms with E-state index in [0.29, 0.717) is 26.4 Å². The van der Waals surface area contributed by atoms with Crippen LogP contribution in [0.25, 0.3) is 0 Å². The Bertz CT molecular complexity index is 452. The lowest BCUT2D eigenvalue weighted by atomic mass is 10.0. The molecular formula is C21H39NO6. The Morgan fingerprint density at radius 3 is 2.18 bits per heavy atom. The van der Waals surface area contributed by atoms with E-state index in [9.17, 15) is 4.79 Å². The Kier molecular flexibility index (Phi) is 10.2. The Hall–Kier alpha value is -0.730. The van der Waals surface area contributed by atoms with Crippen LogP contribution in [0.5, 0.6) is 0 Å². The number of carbonyl (C=O) groups excluding carboxylic acids is 1. The van der Waals surface area contributed by atoms with Crippen LogP contribution in [0, 0.1) is 0 Å². The van der Waals surface area contributed by atoms with Crippen molar-refractivity contribution in [2.45, 2.75) is 83.9 Å². The van der Waals surface area contributed by atoms with Gasteiger partial charge in [-0.1, -0.05) is 13.8 Å². The Morgan fingerprint density at radius 1 is 1.00 bits per heavy atom. The second kappa shape index (κ2) is 12.1. The molecule has 2 rings (SSSR count). The van der Waals surface area contributed by atoms with Crippen molar-refractivity contribution in [3.05, 3.63) is 0 Å². The normalized spacial score (nSPS) is 27.1. The lowest BCUT2D eigenvalue weighted by Crippen LogP contribution is -2.38. The van der Waals surface area contributed by atoms with Crippen LogP contribution in [-0.2, 0) is 28.5 Å². The molecule has 0 aromatic rings. The van der Waals surface area contributed by atoms with E-state index < -0.39 is 5.79 Å². The molecule has 0 aromatic heterocycles. The zero-order chi connectivity index (χ0) is 20.4. The van der Waals surface area contributed by atoms with E-state index >= 15 is 0 Å². The van der Waals surface area contributed by atoms with E-state index in [1.54, 1.807) is 0 Å². The maximum absolute atomic E-state index is 12.3. The zero-order valence-electron chi connectivity index (χ0n) is 18.1. The first kappa shape index (κ1) is 23.5. The second-order valence-electron chi connectivity index (χ2n) is 8.20. The molecule has 7 nitrogen and oxygen atoms in total. The number of hydrogen-bond acceptors (Lipinski definition) is 6. The summed E-state index contributed by atoms with van der Waals surface area (Å²) in [6.45, 7) is 11.8. The van der Waals surface area contributed by atoms with Gasteiger partial charge in [-0.2, -0.15) is 0 Å². The molecule has 0 bridgehead atoms. The van der Waals surface area contributed by atoms with Crippen LogP contribution in [-0.4, -0.2) is 81.0 Å². The summed E-state index contributed by atoms with van der Waals surface area (Å²) < 4.78 is 28.8. The van der Waals surface area contributed by atoms with Crippen molar-refractivity contribution in [1.29, 1.82) is 0 Å². The van der Waals surface area contributed by atoms with Gasteiger partial charge in [0.25, 0.3) is 0 Å². The fourth-order valence-electron chi connectivity index (χ4n) is 3.67. The third-order valence-corrected chi connectivity index (χ3v) is 4.98. The lowest BCUT2D eigenvalue weighted by molar-refractivity contribution is -0.152. The monoisotopic (exact) mass is 401 g/mol. The summed E-state index contributed by atoms with van der Waals surface area (Å²) in [5, 5.41) is 0. The third-order valence-electron chi connectivity index (χ3n) is 4.98. The van der Waals surface area contributed by atoms with E-state index in [1.165, 1.54) is 0 Å². The van der Waals surface area contributed by atoms with Crippen molar-refractivity contribution in [3.8, 4) is 0 Å². The minimum atomic E-state index is -0.515. The summed E-state index contributed by atoms with van der Waals surface area (Å²) in [6.07, 6.45) is 5.07. The molecule has 7 heteroatoms. The number of amides is 1. The van der Waals surface area contributed by atoms with E-state index in [4.69, 9.17) is 23.7 Å². The Balaban J connectivity index is 1.60. The molecule has 3 atom stereocenters. The lowest BCUT2D eigenvalue weighted by Gasteiger charge is -2.30. The van der Waals surface area contributed by atoms with Gasteiger partial charge in [-0.25, -0.2) is 0 Å². The Morgan fingerprint density at radius 2 is 1.61 bits per heavy atom. The molecule has 0 saturated carbocycles. The van der Waals surface area contributed by atoms with Crippen LogP contribution in [0.15, 0.2) is 0 Å². The van der Waals surface area contributed by atoms with Gasteiger partial charge in [-0.15, -0.1) is 0 Å². The summed E-state index contributed by atoms with van der Waals surface area (Å²) in [5.74, 6) is -0.444. The van der Waals surface area contributed by atoms with E-state index in [0.717, 1.165) is 45.2 Å². The molecule has 0 N–H and O–H groups in total. The summed E-state index contributed by atoms with van der Waals surface area (Å²) in [6, 6.07) is 0. The summed E-state index contributed by atoms with van der Waals surface area (Å²) in [7, 11) is 0. The maximum atomic E-state index is 12.3. The smallest absolute Gasteiger partial charge is 0.248 e. The van der Waals surface area contributed by atoms with Gasteiger partial charge in [0.15, 0.2) is 5.79 Å². The van der Waals surface area contributed by atoms with Crippen LogP contribution in [0.4, 0.5) is 0 Å². The molecule has 2 aliphatic heterocycles. The van der Waals surface area contributed by atoms with Gasteiger partial charge in [0.05, 0.1) is 38.6 Å². The fraction of sp³-hybridized carbons (Fsp3) is 0.952. The molecule has 28 heavy (non-hydrogen) atoms. The quantitative estimate of drug-likeness (QED) is 0.501. The second-order valence-corrected chi connectivity index (χ2v) is 8.20. The number of rotatable bonds is 12. The summed E-state index contributed by atoms with van der Waals surface area (Å²) in [5.41, 5.74) is 0. The fourth-order valence-corrected chi connectivity index (χ4v) is 3.67. The minimum absolute atomic E-state index is 0.0158. The number of nitrogens with zero attached hydrogens (tertiary/aromatic N) is 1. The highest BCUT2D eigenvalue weighted by molar-refractivity contribution is 5.77. The van der Waals surface area contributed by atoms with E-state index in [2.05, 4.69) is 13.8 Å². The molecule has 0 aliphatic carbocycles. The van der Waals surface area contributed by atoms with E-state index in [-0.39, 0.29) is 30.8 Å². The largest absolute Gasteiger partial charge is 0.376 e. The highest BCUT2D eigenvalue weighted by Crippen LogP contribution is 2.23. The van der Waals surface area contributed by atoms with Crippen LogP contribution in [0.1, 0.15) is 59.8 Å². The summed E-state index contributed by atoms with van der Waals surface area (Å²) >= 11 is 0. The van der Waals surface area contributed by atoms with Crippen molar-refractivity contribution in [1.82, 2.24) is 4.90 Å². The standard InChI is InChI=1S/C21H39NO6/c1-5-10-22(11-6-2)20(23)16-25-13-18-9-7-8-17(27-18)12-24-14-19-15-26-21(3,4)28-19/h17-19H,5-16H2,1-4H3. The molecular weight excluding hydrogens is 362 g/mol. The third kappa shape index (κ3) is 8.33. The predicted molar refractivity (Wildman–Crippen MR) is 106 cm³/mol. The number of hydrogen-bond donors (Lipinski definition) is 0. The van der Waals surface area contributed by atoms with Gasteiger partial charge in [0.1, 0.15) is 12.7 Å². The zero-order valence-corrected chi connectivity index (χ0v) is 18.1. The first-order valence-corrected chi connectivity index (χ1v) is 10.8. The average molecular weight is 402 g/mol. The highest BCUT2D eigenvalue weighted by Gasteiger charge is 2.33. The molecule has 2 heterocycles. The number of ether oxygens (including phenoxy) is 5. The SMILES string of the molecule is CCCN(CCC)C(=O)COCC1CCCC(COCC2COC(C)(C)O2)O1. The molecule has 2 fully saturated rings. The number of carbonyl (C=O) groups is 1. The molecule has 0 radical (unpaired) electrons. The Labute approximate surface area is 170 Å². The van der Waals surface area contributed by atoms with E-state index in [1.807, 2.05) is 18.7 Å². The van der Waals surface area contributed by atoms with Crippen LogP contribution in [0.2, 0.25) is 0 Å². The van der Waals surface area contributed by atoms with Crippen LogP contribution < -0.4 is 0 Å². The molecule has 164 valence electrons. The van der Waals surface area contributed by atoms with Crippen LogP contribution >= 0.6 is 0 Å². The van der Waals surface area contributed by atoms with Gasteiger partial charge >= 0.3 is 0 Å². The van der Waals surface area contributed by atoms with Crippen molar-refractivity contribution < 1.29 is 28.5 Å². The molecule has 1 amide bonds. The molecule has 2 saturated heterocycles. The maximum Gasteiger partial charge on any atom is 0.248 e. The van der Waals surface area contributed by atoms with Gasteiger partial charge in [-0.3, -0.25) is 4.79 Å². The topological polar surface area (TPSA) is 66.5 Å². The van der Waals surface area contributed by atoms with Gasteiger partial charge < -0.3 is 28.6 Å². The van der Waals surface area contributed by atoms with Crippen molar-refractivity contribution in [2.24, 2.45) is 0 Å². The molecule has 3 unspecified atom stereocenters. The van der Waals surface area contributed by atoms with Gasteiger partial charge in [0.2, 0.25) is 5.91 Å². The van der Waals surface area contributed by atoms with Crippen LogP contribution in [0.3, 0.4) is 0 Å². The minimum Gasteiger partial charge on any atom is -0.376 e. The van der Waals surface area contributed by atoms with Crippen molar-refractivity contribution in [2.75, 3.05) is 46.1 Å². The highest BCUT2D eigenvalue weighted by atomic mass is 16.7.